The van der Waals surface area contributed by atoms with Crippen LogP contribution in [0.5, 0.6) is 0 Å². The van der Waals surface area contributed by atoms with Gasteiger partial charge in [0.2, 0.25) is 5.01 Å². The predicted molar refractivity (Wildman–Crippen MR) is 86.1 cm³/mol. The first-order valence-electron chi connectivity index (χ1n) is 7.10. The first-order chi connectivity index (χ1) is 11.6. The van der Waals surface area contributed by atoms with E-state index in [4.69, 9.17) is 5.26 Å². The third-order valence-corrected chi connectivity index (χ3v) is 4.08. The van der Waals surface area contributed by atoms with Gasteiger partial charge in [-0.05, 0) is 12.5 Å². The molecule has 0 aliphatic heterocycles. The van der Waals surface area contributed by atoms with Crippen LogP contribution in [0.25, 0.3) is 0 Å². The van der Waals surface area contributed by atoms with Gasteiger partial charge in [-0.25, -0.2) is 9.67 Å². The number of nitrogens with zero attached hydrogens (tertiary/aromatic N) is 6. The number of carbonyl (C=O) groups excluding carboxylic acids is 1. The van der Waals surface area contributed by atoms with Gasteiger partial charge in [0.25, 0.3) is 11.7 Å². The highest BCUT2D eigenvalue weighted by atomic mass is 32.1. The molecule has 1 amide bonds. The molecular formula is C15H13N7OS. The molecule has 120 valence electrons. The van der Waals surface area contributed by atoms with E-state index in [-0.39, 0.29) is 16.7 Å². The molecule has 9 heteroatoms. The lowest BCUT2D eigenvalue weighted by Crippen LogP contribution is -2.22. The van der Waals surface area contributed by atoms with Crippen LogP contribution in [0.4, 0.5) is 0 Å². The molecule has 8 nitrogen and oxygen atoms in total. The number of aryl methyl sites for hydroxylation is 1. The molecule has 0 bridgehead atoms. The van der Waals surface area contributed by atoms with Gasteiger partial charge in [-0.1, -0.05) is 41.2 Å². The average Bonchev–Trinajstić information content (AvgIpc) is 3.24. The number of benzene rings is 1. The largest absolute Gasteiger partial charge is 0.346 e. The minimum absolute atomic E-state index is 0.0931. The van der Waals surface area contributed by atoms with Crippen molar-refractivity contribution in [2.45, 2.75) is 20.0 Å². The smallest absolute Gasteiger partial charge is 0.282 e. The van der Waals surface area contributed by atoms with Crippen molar-refractivity contribution in [1.82, 2.24) is 30.3 Å². The number of nitriles is 1. The lowest BCUT2D eigenvalue weighted by molar-refractivity contribution is 0.0950. The molecule has 1 N–H and O–H groups in total. The molecule has 2 heterocycles. The van der Waals surface area contributed by atoms with Gasteiger partial charge in [0.15, 0.2) is 0 Å². The maximum atomic E-state index is 12.1. The van der Waals surface area contributed by atoms with Crippen LogP contribution in [0.15, 0.2) is 30.6 Å². The van der Waals surface area contributed by atoms with Gasteiger partial charge in [0.1, 0.15) is 17.4 Å². The fraction of sp³-hybridized carbons (Fsp3) is 0.200. The van der Waals surface area contributed by atoms with E-state index < -0.39 is 0 Å². The van der Waals surface area contributed by atoms with Crippen LogP contribution in [0.2, 0.25) is 0 Å². The van der Waals surface area contributed by atoms with E-state index in [9.17, 15) is 4.79 Å². The van der Waals surface area contributed by atoms with Crippen molar-refractivity contribution < 1.29 is 4.79 Å². The van der Waals surface area contributed by atoms with Gasteiger partial charge in [-0.15, -0.1) is 15.3 Å². The highest BCUT2D eigenvalue weighted by molar-refractivity contribution is 7.13. The van der Waals surface area contributed by atoms with Crippen LogP contribution in [-0.2, 0) is 13.1 Å². The monoisotopic (exact) mass is 339 g/mol. The Kier molecular flexibility index (Phi) is 4.58. The number of nitrogens with one attached hydrogen (secondary N) is 1. The van der Waals surface area contributed by atoms with E-state index in [1.165, 1.54) is 27.9 Å². The standard InChI is InChI=1S/C15H13N7OS/c1-10-2-4-11(5-3-10)7-17-14(23)15-20-19-13(24-15)8-22-9-18-12(6-16)21-22/h2-5,9H,7-8H2,1H3,(H,17,23). The zero-order valence-electron chi connectivity index (χ0n) is 12.8. The highest BCUT2D eigenvalue weighted by Gasteiger charge is 2.13. The lowest BCUT2D eigenvalue weighted by atomic mass is 10.1. The van der Waals surface area contributed by atoms with E-state index >= 15 is 0 Å². The molecule has 0 saturated carbocycles. The molecule has 0 aliphatic carbocycles. The number of rotatable bonds is 5. The summed E-state index contributed by atoms with van der Waals surface area (Å²) in [5, 5.41) is 24.2. The first kappa shape index (κ1) is 15.8. The Balaban J connectivity index is 1.59. The van der Waals surface area contributed by atoms with Crippen molar-refractivity contribution in [2.75, 3.05) is 0 Å². The van der Waals surface area contributed by atoms with E-state index in [1.807, 2.05) is 37.3 Å². The van der Waals surface area contributed by atoms with E-state index in [0.29, 0.717) is 18.1 Å². The summed E-state index contributed by atoms with van der Waals surface area (Å²) in [6.07, 6.45) is 1.44. The average molecular weight is 339 g/mol. The Bertz CT molecular complexity index is 891. The van der Waals surface area contributed by atoms with Crippen LogP contribution in [0.3, 0.4) is 0 Å². The van der Waals surface area contributed by atoms with Gasteiger partial charge in [-0.3, -0.25) is 4.79 Å². The van der Waals surface area contributed by atoms with Crippen molar-refractivity contribution in [3.8, 4) is 6.07 Å². The second-order valence-electron chi connectivity index (χ2n) is 5.05. The van der Waals surface area contributed by atoms with Crippen LogP contribution in [0, 0.1) is 18.3 Å². The molecule has 2 aromatic heterocycles. The van der Waals surface area contributed by atoms with Crippen molar-refractivity contribution in [1.29, 1.82) is 5.26 Å². The van der Waals surface area contributed by atoms with E-state index in [0.717, 1.165) is 5.56 Å². The van der Waals surface area contributed by atoms with E-state index in [2.05, 4.69) is 25.6 Å². The quantitative estimate of drug-likeness (QED) is 0.750. The summed E-state index contributed by atoms with van der Waals surface area (Å²) in [7, 11) is 0. The van der Waals surface area contributed by atoms with Crippen LogP contribution < -0.4 is 5.32 Å². The summed E-state index contributed by atoms with van der Waals surface area (Å²) in [4.78, 5) is 15.9. The number of hydrogen-bond donors (Lipinski definition) is 1. The van der Waals surface area contributed by atoms with Crippen molar-refractivity contribution in [2.24, 2.45) is 0 Å². The third-order valence-electron chi connectivity index (χ3n) is 3.17. The summed E-state index contributed by atoms with van der Waals surface area (Å²) in [5.41, 5.74) is 2.19. The Labute approximate surface area is 141 Å². The SMILES string of the molecule is Cc1ccc(CNC(=O)c2nnc(Cn3cnc(C#N)n3)s2)cc1. The molecule has 3 aromatic rings. The Morgan fingerprint density at radius 1 is 1.33 bits per heavy atom. The van der Waals surface area contributed by atoms with Gasteiger partial charge in [0, 0.05) is 6.54 Å². The molecule has 1 aromatic carbocycles. The normalized spacial score (nSPS) is 10.3. The second kappa shape index (κ2) is 6.97. The Hall–Kier alpha value is -3.12. The molecule has 0 aliphatic rings. The van der Waals surface area contributed by atoms with Gasteiger partial charge >= 0.3 is 0 Å². The molecule has 0 saturated heterocycles. The number of carbonyl (C=O) groups is 1. The van der Waals surface area contributed by atoms with E-state index in [1.54, 1.807) is 0 Å². The number of amides is 1. The second-order valence-corrected chi connectivity index (χ2v) is 6.11. The molecule has 0 atom stereocenters. The van der Waals surface area contributed by atoms with Crippen LogP contribution in [0.1, 0.15) is 31.8 Å². The van der Waals surface area contributed by atoms with Crippen molar-refractivity contribution in [3.05, 3.63) is 57.6 Å². The Morgan fingerprint density at radius 2 is 2.12 bits per heavy atom. The van der Waals surface area contributed by atoms with Crippen molar-refractivity contribution in [3.63, 3.8) is 0 Å². The van der Waals surface area contributed by atoms with Crippen molar-refractivity contribution >= 4 is 17.2 Å². The predicted octanol–water partition coefficient (Wildman–Crippen LogP) is 1.29. The summed E-state index contributed by atoms with van der Waals surface area (Å²) in [6, 6.07) is 9.79. The molecule has 0 radical (unpaired) electrons. The first-order valence-corrected chi connectivity index (χ1v) is 7.91. The fourth-order valence-corrected chi connectivity index (χ4v) is 2.68. The summed E-state index contributed by atoms with van der Waals surface area (Å²) < 4.78 is 1.48. The third kappa shape index (κ3) is 3.80. The van der Waals surface area contributed by atoms with Gasteiger partial charge in [-0.2, -0.15) is 5.26 Å². The number of aromatic nitrogens is 5. The lowest BCUT2D eigenvalue weighted by Gasteiger charge is -2.03. The zero-order chi connectivity index (χ0) is 16.9. The van der Waals surface area contributed by atoms with Gasteiger partial charge < -0.3 is 5.32 Å². The maximum Gasteiger partial charge on any atom is 0.282 e. The highest BCUT2D eigenvalue weighted by Crippen LogP contribution is 2.11. The minimum atomic E-state index is -0.268. The minimum Gasteiger partial charge on any atom is -0.346 e. The fourth-order valence-electron chi connectivity index (χ4n) is 1.93. The summed E-state index contributed by atoms with van der Waals surface area (Å²) in [5.74, 6) is -0.175. The maximum absolute atomic E-state index is 12.1. The molecular weight excluding hydrogens is 326 g/mol. The molecule has 24 heavy (non-hydrogen) atoms. The zero-order valence-corrected chi connectivity index (χ0v) is 13.6. The molecule has 0 spiro atoms. The molecule has 0 unspecified atom stereocenters. The summed E-state index contributed by atoms with van der Waals surface area (Å²) in [6.45, 7) is 2.76. The molecule has 0 fully saturated rings. The number of hydrogen-bond acceptors (Lipinski definition) is 7. The van der Waals surface area contributed by atoms with Crippen LogP contribution >= 0.6 is 11.3 Å². The Morgan fingerprint density at radius 3 is 2.83 bits per heavy atom. The topological polar surface area (TPSA) is 109 Å². The molecule has 3 rings (SSSR count). The van der Waals surface area contributed by atoms with Gasteiger partial charge in [0.05, 0.1) is 6.54 Å². The van der Waals surface area contributed by atoms with Crippen LogP contribution in [-0.4, -0.2) is 30.9 Å². The summed E-state index contributed by atoms with van der Waals surface area (Å²) >= 11 is 1.18.